The summed E-state index contributed by atoms with van der Waals surface area (Å²) in [6.07, 6.45) is 0. The van der Waals surface area contributed by atoms with Gasteiger partial charge in [-0.15, -0.1) is 12.4 Å². The summed E-state index contributed by atoms with van der Waals surface area (Å²) in [7, 11) is 3.01. The lowest BCUT2D eigenvalue weighted by Crippen LogP contribution is -2.49. The Morgan fingerprint density at radius 3 is 2.29 bits per heavy atom. The van der Waals surface area contributed by atoms with Gasteiger partial charge < -0.3 is 33.0 Å². The van der Waals surface area contributed by atoms with Crippen molar-refractivity contribution < 1.29 is 32.9 Å². The summed E-state index contributed by atoms with van der Waals surface area (Å²) < 4.78 is 32.8. The smallest absolute Gasteiger partial charge is 0.260 e. The molecule has 1 saturated heterocycles. The number of para-hydroxylation sites is 1. The van der Waals surface area contributed by atoms with Crippen LogP contribution in [0.5, 0.6) is 28.7 Å². The van der Waals surface area contributed by atoms with Gasteiger partial charge in [0.25, 0.3) is 5.91 Å². The van der Waals surface area contributed by atoms with E-state index in [1.807, 2.05) is 47.4 Å². The minimum Gasteiger partial charge on any atom is -0.493 e. The van der Waals surface area contributed by atoms with Gasteiger partial charge in [0, 0.05) is 43.3 Å². The highest BCUT2D eigenvalue weighted by Crippen LogP contribution is 2.34. The third kappa shape index (κ3) is 8.40. The van der Waals surface area contributed by atoms with Crippen molar-refractivity contribution in [3.63, 3.8) is 0 Å². The molecule has 1 fully saturated rings. The zero-order valence-electron chi connectivity index (χ0n) is 27.1. The van der Waals surface area contributed by atoms with Gasteiger partial charge in [-0.1, -0.05) is 54.1 Å². The number of ether oxygens (including phenoxy) is 5. The normalized spacial score (nSPS) is 13.6. The molecule has 1 aromatic heterocycles. The van der Waals surface area contributed by atoms with E-state index in [1.54, 1.807) is 49.6 Å². The molecule has 0 bridgehead atoms. The zero-order chi connectivity index (χ0) is 33.5. The summed E-state index contributed by atoms with van der Waals surface area (Å²) in [4.78, 5) is 29.1. The Morgan fingerprint density at radius 1 is 0.837 bits per heavy atom. The average Bonchev–Trinajstić information content (AvgIpc) is 3.60. The number of halogens is 2. The monoisotopic (exact) mass is 706 g/mol. The molecule has 49 heavy (non-hydrogen) atoms. The quantitative estimate of drug-likeness (QED) is 0.175. The summed E-state index contributed by atoms with van der Waals surface area (Å²) in [6, 6.07) is 27.6. The number of carbonyl (C=O) groups is 1. The Balaban J connectivity index is 0.000000193. The van der Waals surface area contributed by atoms with Crippen molar-refractivity contribution in [3.8, 4) is 40.1 Å². The van der Waals surface area contributed by atoms with E-state index in [2.05, 4.69) is 11.0 Å². The van der Waals surface area contributed by atoms with E-state index < -0.39 is 0 Å². The van der Waals surface area contributed by atoms with Gasteiger partial charge in [-0.05, 0) is 54.1 Å². The summed E-state index contributed by atoms with van der Waals surface area (Å²) in [5.41, 5.74) is 2.17. The van der Waals surface area contributed by atoms with E-state index in [0.717, 1.165) is 36.7 Å². The van der Waals surface area contributed by atoms with Crippen LogP contribution in [-0.4, -0.2) is 69.5 Å². The molecule has 7 rings (SSSR count). The molecule has 0 N–H and O–H groups in total. The Hall–Kier alpha value is -4.90. The molecule has 0 radical (unpaired) electrons. The molecule has 256 valence electrons. The number of hydrogen-bond donors (Lipinski definition) is 0. The first-order chi connectivity index (χ1) is 23.4. The first-order valence-electron chi connectivity index (χ1n) is 15.4. The fourth-order valence-corrected chi connectivity index (χ4v) is 5.65. The summed E-state index contributed by atoms with van der Waals surface area (Å²) in [6.45, 7) is 4.24. The van der Waals surface area contributed by atoms with Crippen LogP contribution in [0.15, 0.2) is 100 Å². The molecule has 0 unspecified atom stereocenters. The highest BCUT2D eigenvalue weighted by Gasteiger charge is 2.23. The molecule has 1 amide bonds. The first-order valence-corrected chi connectivity index (χ1v) is 15.8. The highest BCUT2D eigenvalue weighted by atomic mass is 35.5. The van der Waals surface area contributed by atoms with Crippen molar-refractivity contribution in [1.29, 1.82) is 0 Å². The van der Waals surface area contributed by atoms with Gasteiger partial charge in [0.1, 0.15) is 5.75 Å². The van der Waals surface area contributed by atoms with Gasteiger partial charge in [-0.25, -0.2) is 0 Å². The number of rotatable bonds is 8. The van der Waals surface area contributed by atoms with Gasteiger partial charge in [0.15, 0.2) is 35.2 Å². The van der Waals surface area contributed by atoms with Crippen LogP contribution in [-0.2, 0) is 11.3 Å². The number of carbonyl (C=O) groups excluding carboxylic acids is 1. The molecule has 5 aromatic rings. The van der Waals surface area contributed by atoms with Crippen LogP contribution >= 0.6 is 24.0 Å². The van der Waals surface area contributed by atoms with Gasteiger partial charge in [0.2, 0.25) is 18.0 Å². The van der Waals surface area contributed by atoms with Crippen molar-refractivity contribution in [3.05, 3.63) is 112 Å². The topological polar surface area (TPSA) is 99.9 Å². The SMILES string of the molecule is COc1c(-c2ccccc2)oc2c(OC)cccc2c1=O.Cl.O=C(COc1ccc(Cl)cc1)N1CCN(Cc2ccc3c(c2)OCO3)CC1. The van der Waals surface area contributed by atoms with Gasteiger partial charge in [-0.2, -0.15) is 0 Å². The highest BCUT2D eigenvalue weighted by molar-refractivity contribution is 6.30. The maximum Gasteiger partial charge on any atom is 0.260 e. The predicted octanol–water partition coefficient (Wildman–Crippen LogP) is 6.69. The van der Waals surface area contributed by atoms with Crippen molar-refractivity contribution in [2.75, 3.05) is 53.8 Å². The van der Waals surface area contributed by atoms with Gasteiger partial charge in [-0.3, -0.25) is 14.5 Å². The number of amides is 1. The molecule has 0 saturated carbocycles. The minimum atomic E-state index is -0.212. The molecule has 10 nitrogen and oxygen atoms in total. The standard InChI is InChI=1S/C20H21ClN2O4.C17H14O4.ClH/c21-16-2-4-17(5-3-16)25-13-20(24)23-9-7-22(8-10-23)12-15-1-6-18-19(11-15)27-14-26-18;1-19-13-10-6-9-12-14(18)17(20-2)15(21-16(12)13)11-7-4-3-5-8-11;/h1-6,11H,7-10,12-14H2;3-10H,1-2H3;1H. The molecule has 3 heterocycles. The van der Waals surface area contributed by atoms with Crippen LogP contribution < -0.4 is 29.1 Å². The van der Waals surface area contributed by atoms with Crippen LogP contribution in [0.1, 0.15) is 5.56 Å². The van der Waals surface area contributed by atoms with Crippen molar-refractivity contribution in [2.24, 2.45) is 0 Å². The fraction of sp³-hybridized carbons (Fsp3) is 0.243. The van der Waals surface area contributed by atoms with Crippen LogP contribution in [0.4, 0.5) is 0 Å². The Labute approximate surface area is 295 Å². The van der Waals surface area contributed by atoms with E-state index in [-0.39, 0.29) is 42.9 Å². The van der Waals surface area contributed by atoms with E-state index in [1.165, 1.54) is 12.7 Å². The molecule has 0 atom stereocenters. The molecule has 12 heteroatoms. The predicted molar refractivity (Wildman–Crippen MR) is 190 cm³/mol. The third-order valence-corrected chi connectivity index (χ3v) is 8.30. The Bertz CT molecular complexity index is 1930. The van der Waals surface area contributed by atoms with Crippen LogP contribution in [0.2, 0.25) is 5.02 Å². The summed E-state index contributed by atoms with van der Waals surface area (Å²) in [5.74, 6) is 3.38. The van der Waals surface area contributed by atoms with E-state index in [4.69, 9.17) is 39.7 Å². The number of nitrogens with zero attached hydrogens (tertiary/aromatic N) is 2. The maximum absolute atomic E-state index is 12.6. The second-order valence-corrected chi connectivity index (χ2v) is 11.5. The Kier molecular flexibility index (Phi) is 11.9. The third-order valence-electron chi connectivity index (χ3n) is 8.04. The molecule has 0 aliphatic carbocycles. The number of benzene rings is 4. The molecule has 0 spiro atoms. The molecule has 2 aliphatic heterocycles. The van der Waals surface area contributed by atoms with Crippen LogP contribution in [0.3, 0.4) is 0 Å². The fourth-order valence-electron chi connectivity index (χ4n) is 5.52. The number of piperazine rings is 1. The van der Waals surface area contributed by atoms with Gasteiger partial charge >= 0.3 is 0 Å². The number of hydrogen-bond acceptors (Lipinski definition) is 9. The molecular weight excluding hydrogens is 671 g/mol. The first kappa shape index (κ1) is 35.4. The summed E-state index contributed by atoms with van der Waals surface area (Å²) in [5, 5.41) is 1.08. The number of fused-ring (bicyclic) bond motifs is 2. The van der Waals surface area contributed by atoms with Crippen molar-refractivity contribution in [1.82, 2.24) is 9.80 Å². The van der Waals surface area contributed by atoms with Crippen molar-refractivity contribution >= 4 is 40.9 Å². The maximum atomic E-state index is 12.6. The largest absolute Gasteiger partial charge is 0.493 e. The van der Waals surface area contributed by atoms with E-state index in [9.17, 15) is 9.59 Å². The average molecular weight is 708 g/mol. The zero-order valence-corrected chi connectivity index (χ0v) is 28.6. The lowest BCUT2D eigenvalue weighted by Gasteiger charge is -2.34. The lowest BCUT2D eigenvalue weighted by atomic mass is 10.1. The van der Waals surface area contributed by atoms with E-state index >= 15 is 0 Å². The second kappa shape index (κ2) is 16.5. The molecule has 2 aliphatic rings. The molecular formula is C37H36Cl2N2O8. The van der Waals surface area contributed by atoms with Gasteiger partial charge in [0.05, 0.1) is 19.6 Å². The summed E-state index contributed by atoms with van der Waals surface area (Å²) >= 11 is 5.85. The van der Waals surface area contributed by atoms with Crippen LogP contribution in [0.25, 0.3) is 22.3 Å². The second-order valence-electron chi connectivity index (χ2n) is 11.1. The Morgan fingerprint density at radius 2 is 1.57 bits per heavy atom. The minimum absolute atomic E-state index is 0. The number of methoxy groups -OCH3 is 2. The molecule has 4 aromatic carbocycles. The van der Waals surface area contributed by atoms with Crippen LogP contribution in [0, 0.1) is 0 Å². The van der Waals surface area contributed by atoms with Crippen molar-refractivity contribution in [2.45, 2.75) is 6.54 Å². The van der Waals surface area contributed by atoms with E-state index in [0.29, 0.717) is 46.3 Å². The lowest BCUT2D eigenvalue weighted by molar-refractivity contribution is -0.135.